The average molecular weight is 594 g/mol. The maximum Gasteiger partial charge on any atom is 0.514 e. The molecule has 0 spiro atoms. The van der Waals surface area contributed by atoms with Crippen LogP contribution in [0.3, 0.4) is 0 Å². The fraction of sp³-hybridized carbons (Fsp3) is 0.548. The number of ether oxygens (including phenoxy) is 3. The number of aliphatic hydroxyl groups is 1. The summed E-state index contributed by atoms with van der Waals surface area (Å²) in [6, 6.07) is 11.3. The van der Waals surface area contributed by atoms with Gasteiger partial charge >= 0.3 is 12.2 Å². The number of carbonyl (C=O) groups is 2. The summed E-state index contributed by atoms with van der Waals surface area (Å²) in [6.07, 6.45) is 2.16. The number of amides is 1. The van der Waals surface area contributed by atoms with Crippen LogP contribution in [0.25, 0.3) is 0 Å². The number of rotatable bonds is 11. The number of halogens is 1. The van der Waals surface area contributed by atoms with Gasteiger partial charge in [-0.2, -0.15) is 0 Å². The van der Waals surface area contributed by atoms with E-state index in [4.69, 9.17) is 25.8 Å². The van der Waals surface area contributed by atoms with Gasteiger partial charge in [0.25, 0.3) is 0 Å². The first-order valence-electron chi connectivity index (χ1n) is 13.6. The molecule has 0 unspecified atom stereocenters. The Kier molecular flexibility index (Phi) is 12.2. The predicted molar refractivity (Wildman–Crippen MR) is 161 cm³/mol. The van der Waals surface area contributed by atoms with Crippen LogP contribution < -0.4 is 10.1 Å². The molecule has 1 amide bonds. The minimum atomic E-state index is -0.815. The van der Waals surface area contributed by atoms with E-state index in [2.05, 4.69) is 12.2 Å². The number of hydrogen-bond donors (Lipinski definition) is 2. The Morgan fingerprint density at radius 3 is 2.23 bits per heavy atom. The highest BCUT2D eigenvalue weighted by molar-refractivity contribution is 7.99. The Balaban J connectivity index is 2.19. The van der Waals surface area contributed by atoms with Crippen LogP contribution in [-0.2, 0) is 15.9 Å². The van der Waals surface area contributed by atoms with Gasteiger partial charge in [0.05, 0.1) is 17.0 Å². The van der Waals surface area contributed by atoms with Crippen LogP contribution >= 0.6 is 23.4 Å². The second-order valence-electron chi connectivity index (χ2n) is 12.0. The van der Waals surface area contributed by atoms with E-state index in [1.807, 2.05) is 58.0 Å². The Bertz CT molecular complexity index is 1160. The number of alkyl carbamates (subject to hydrolysis) is 1. The molecule has 2 rings (SSSR count). The monoisotopic (exact) mass is 593 g/mol. The molecule has 0 fully saturated rings. The summed E-state index contributed by atoms with van der Waals surface area (Å²) in [5.74, 6) is 0.405. The number of carbonyl (C=O) groups excluding carboxylic acids is 2. The molecule has 0 aliphatic rings. The van der Waals surface area contributed by atoms with Crippen molar-refractivity contribution in [2.45, 2.75) is 114 Å². The molecule has 0 aliphatic heterocycles. The van der Waals surface area contributed by atoms with Crippen LogP contribution in [0.1, 0.15) is 85.3 Å². The van der Waals surface area contributed by atoms with Crippen molar-refractivity contribution in [3.63, 3.8) is 0 Å². The van der Waals surface area contributed by atoms with Crippen molar-refractivity contribution in [2.75, 3.05) is 6.61 Å². The lowest BCUT2D eigenvalue weighted by Gasteiger charge is -2.34. The van der Waals surface area contributed by atoms with Gasteiger partial charge in [0.1, 0.15) is 17.0 Å². The molecule has 2 N–H and O–H groups in total. The molecule has 0 radical (unpaired) electrons. The molecule has 0 saturated heterocycles. The molecule has 0 bridgehead atoms. The summed E-state index contributed by atoms with van der Waals surface area (Å²) in [6.45, 7) is 14.6. The fourth-order valence-corrected chi connectivity index (χ4v) is 5.28. The minimum Gasteiger partial charge on any atom is -0.444 e. The molecule has 0 heterocycles. The van der Waals surface area contributed by atoms with E-state index in [0.29, 0.717) is 30.0 Å². The third kappa shape index (κ3) is 11.6. The molecule has 0 saturated carbocycles. The molecular formula is C31H44ClNO6S. The highest BCUT2D eigenvalue weighted by atomic mass is 35.5. The van der Waals surface area contributed by atoms with E-state index in [0.717, 1.165) is 33.8 Å². The number of nitrogens with one attached hydrogen (secondary N) is 1. The number of aryl methyl sites for hydroxylation is 2. The van der Waals surface area contributed by atoms with Gasteiger partial charge in [-0.05, 0) is 103 Å². The lowest BCUT2D eigenvalue weighted by Crippen LogP contribution is -2.53. The average Bonchev–Trinajstić information content (AvgIpc) is 2.81. The molecule has 2 aromatic carbocycles. The highest BCUT2D eigenvalue weighted by Gasteiger charge is 2.32. The van der Waals surface area contributed by atoms with Crippen molar-refractivity contribution in [1.82, 2.24) is 5.32 Å². The Labute approximate surface area is 248 Å². The van der Waals surface area contributed by atoms with Gasteiger partial charge in [-0.1, -0.05) is 55.3 Å². The smallest absolute Gasteiger partial charge is 0.444 e. The minimum absolute atomic E-state index is 0.203. The van der Waals surface area contributed by atoms with Gasteiger partial charge in [0.2, 0.25) is 0 Å². The molecule has 9 heteroatoms. The molecule has 2 aromatic rings. The molecule has 0 aliphatic carbocycles. The Morgan fingerprint density at radius 1 is 0.975 bits per heavy atom. The van der Waals surface area contributed by atoms with Gasteiger partial charge in [0, 0.05) is 9.92 Å². The van der Waals surface area contributed by atoms with Crippen molar-refractivity contribution in [1.29, 1.82) is 0 Å². The summed E-state index contributed by atoms with van der Waals surface area (Å²) < 4.78 is 16.3. The zero-order chi connectivity index (χ0) is 30.1. The van der Waals surface area contributed by atoms with Gasteiger partial charge in [0.15, 0.2) is 0 Å². The van der Waals surface area contributed by atoms with E-state index in [9.17, 15) is 14.7 Å². The van der Waals surface area contributed by atoms with Gasteiger partial charge in [-0.3, -0.25) is 0 Å². The fourth-order valence-electron chi connectivity index (χ4n) is 3.92. The molecule has 1 atom stereocenters. The van der Waals surface area contributed by atoms with Crippen LogP contribution in [0.4, 0.5) is 9.59 Å². The zero-order valence-corrected chi connectivity index (χ0v) is 26.6. The van der Waals surface area contributed by atoms with Crippen LogP contribution in [-0.4, -0.2) is 40.7 Å². The number of benzene rings is 2. The molecular weight excluding hydrogens is 550 g/mol. The second-order valence-corrected chi connectivity index (χ2v) is 13.6. The van der Waals surface area contributed by atoms with E-state index < -0.39 is 29.0 Å². The van der Waals surface area contributed by atoms with Crippen molar-refractivity contribution < 1.29 is 28.9 Å². The van der Waals surface area contributed by atoms with Gasteiger partial charge < -0.3 is 24.6 Å². The van der Waals surface area contributed by atoms with Crippen molar-refractivity contribution in [3.05, 3.63) is 52.5 Å². The van der Waals surface area contributed by atoms with E-state index in [1.54, 1.807) is 26.8 Å². The third-order valence-corrected chi connectivity index (χ3v) is 7.27. The van der Waals surface area contributed by atoms with Crippen LogP contribution in [0, 0.1) is 6.92 Å². The van der Waals surface area contributed by atoms with Crippen molar-refractivity contribution in [2.24, 2.45) is 0 Å². The number of hydrogen-bond acceptors (Lipinski definition) is 7. The van der Waals surface area contributed by atoms with Crippen LogP contribution in [0.2, 0.25) is 5.02 Å². The van der Waals surface area contributed by atoms with E-state index in [1.165, 1.54) is 11.8 Å². The van der Waals surface area contributed by atoms with Gasteiger partial charge in [-0.25, -0.2) is 9.59 Å². The maximum absolute atomic E-state index is 12.6. The lowest BCUT2D eigenvalue weighted by molar-refractivity contribution is 0.0200. The van der Waals surface area contributed by atoms with Crippen LogP contribution in [0.5, 0.6) is 5.75 Å². The summed E-state index contributed by atoms with van der Waals surface area (Å²) in [7, 11) is 0. The van der Waals surface area contributed by atoms with E-state index >= 15 is 0 Å². The maximum atomic E-state index is 12.6. The summed E-state index contributed by atoms with van der Waals surface area (Å²) in [5, 5.41) is 13.8. The van der Waals surface area contributed by atoms with E-state index in [-0.39, 0.29) is 6.61 Å². The molecule has 0 aromatic heterocycles. The first-order chi connectivity index (χ1) is 18.5. The Hall–Kier alpha value is -2.42. The Morgan fingerprint density at radius 2 is 1.65 bits per heavy atom. The summed E-state index contributed by atoms with van der Waals surface area (Å²) in [5.41, 5.74) is -0.190. The lowest BCUT2D eigenvalue weighted by atomic mass is 9.87. The highest BCUT2D eigenvalue weighted by Crippen LogP contribution is 2.38. The van der Waals surface area contributed by atoms with Gasteiger partial charge in [-0.15, -0.1) is 0 Å². The third-order valence-electron chi connectivity index (χ3n) is 5.88. The summed E-state index contributed by atoms with van der Waals surface area (Å²) >= 11 is 8.13. The standard InChI is InChI=1S/C31H44ClNO6S/c1-9-10-16-31(20-34,33-27(35)38-29(3,4)5)17-15-22-12-13-23(19-24(22)32)40-26-18-21(2)11-14-25(26)37-28(36)39-30(6,7)8/h11-14,18-19,34H,9-10,15-17,20H2,1-8H3,(H,33,35)/t31-/m0/s1. The first kappa shape index (κ1) is 33.8. The quantitative estimate of drug-likeness (QED) is 0.199. The first-order valence-corrected chi connectivity index (χ1v) is 14.8. The van der Waals surface area contributed by atoms with Crippen LogP contribution in [0.15, 0.2) is 46.2 Å². The topological polar surface area (TPSA) is 94.1 Å². The normalized spacial score (nSPS) is 13.3. The second kappa shape index (κ2) is 14.5. The van der Waals surface area contributed by atoms with Crippen molar-refractivity contribution in [3.8, 4) is 5.75 Å². The predicted octanol–water partition coefficient (Wildman–Crippen LogP) is 8.49. The van der Waals surface area contributed by atoms with Crippen molar-refractivity contribution >= 4 is 35.6 Å². The largest absolute Gasteiger partial charge is 0.514 e. The molecule has 40 heavy (non-hydrogen) atoms. The molecule has 222 valence electrons. The molecule has 7 nitrogen and oxygen atoms in total. The zero-order valence-electron chi connectivity index (χ0n) is 25.0. The summed E-state index contributed by atoms with van der Waals surface area (Å²) in [4.78, 5) is 26.5. The number of aliphatic hydroxyl groups excluding tert-OH is 1. The SMILES string of the molecule is CCCC[C@@](CO)(CCc1ccc(Sc2cc(C)ccc2OC(=O)OC(C)(C)C)cc1Cl)NC(=O)OC(C)(C)C. The number of unbranched alkanes of at least 4 members (excludes halogenated alkanes) is 1.